The molecule has 80 valence electrons. The van der Waals surface area contributed by atoms with Gasteiger partial charge in [-0.3, -0.25) is 0 Å². The highest BCUT2D eigenvalue weighted by atomic mass is 32.1. The lowest BCUT2D eigenvalue weighted by atomic mass is 10.0. The van der Waals surface area contributed by atoms with Crippen LogP contribution in [0.1, 0.15) is 28.5 Å². The van der Waals surface area contributed by atoms with E-state index in [9.17, 15) is 0 Å². The van der Waals surface area contributed by atoms with Crippen LogP contribution in [0, 0.1) is 6.92 Å². The van der Waals surface area contributed by atoms with Gasteiger partial charge < -0.3 is 5.73 Å². The van der Waals surface area contributed by atoms with Crippen molar-refractivity contribution in [3.8, 4) is 0 Å². The second-order valence-corrected chi connectivity index (χ2v) is 5.51. The van der Waals surface area contributed by atoms with Crippen LogP contribution >= 0.6 is 22.7 Å². The standard InChI is InChI=1S/C12H15NS2/c1-9-7-14-8-11(9)12(13)5-4-10-3-2-6-15-10/h2-3,6-8,12H,4-5,13H2,1H3. The molecule has 1 atom stereocenters. The van der Waals surface area contributed by atoms with Gasteiger partial charge in [0, 0.05) is 10.9 Å². The van der Waals surface area contributed by atoms with Gasteiger partial charge in [0.15, 0.2) is 0 Å². The molecule has 0 aliphatic heterocycles. The molecule has 2 N–H and O–H groups in total. The molecule has 0 aromatic carbocycles. The van der Waals surface area contributed by atoms with Crippen molar-refractivity contribution in [1.82, 2.24) is 0 Å². The summed E-state index contributed by atoms with van der Waals surface area (Å²) in [5, 5.41) is 6.46. The van der Waals surface area contributed by atoms with Crippen LogP contribution in [0.2, 0.25) is 0 Å². The highest BCUT2D eigenvalue weighted by molar-refractivity contribution is 7.09. The first-order valence-corrected chi connectivity index (χ1v) is 6.90. The fourth-order valence-electron chi connectivity index (χ4n) is 1.66. The minimum absolute atomic E-state index is 0.193. The summed E-state index contributed by atoms with van der Waals surface area (Å²) in [6, 6.07) is 4.47. The first kappa shape index (κ1) is 10.9. The summed E-state index contributed by atoms with van der Waals surface area (Å²) >= 11 is 3.55. The fourth-order valence-corrected chi connectivity index (χ4v) is 3.30. The highest BCUT2D eigenvalue weighted by Crippen LogP contribution is 2.24. The molecule has 0 bridgehead atoms. The van der Waals surface area contributed by atoms with E-state index >= 15 is 0 Å². The van der Waals surface area contributed by atoms with Crippen LogP contribution < -0.4 is 5.73 Å². The monoisotopic (exact) mass is 237 g/mol. The summed E-state index contributed by atoms with van der Waals surface area (Å²) in [4.78, 5) is 1.43. The van der Waals surface area contributed by atoms with E-state index in [0.29, 0.717) is 0 Å². The quantitative estimate of drug-likeness (QED) is 0.861. The Bertz CT molecular complexity index is 403. The molecule has 0 aliphatic carbocycles. The second kappa shape index (κ2) is 4.92. The van der Waals surface area contributed by atoms with Crippen molar-refractivity contribution in [1.29, 1.82) is 0 Å². The van der Waals surface area contributed by atoms with Crippen molar-refractivity contribution >= 4 is 22.7 Å². The van der Waals surface area contributed by atoms with Crippen LogP contribution in [0.25, 0.3) is 0 Å². The smallest absolute Gasteiger partial charge is 0.0309 e. The number of thiophene rings is 2. The lowest BCUT2D eigenvalue weighted by Crippen LogP contribution is -2.11. The van der Waals surface area contributed by atoms with E-state index < -0.39 is 0 Å². The zero-order valence-corrected chi connectivity index (χ0v) is 10.4. The fraction of sp³-hybridized carbons (Fsp3) is 0.333. The maximum atomic E-state index is 6.17. The van der Waals surface area contributed by atoms with Crippen molar-refractivity contribution in [3.05, 3.63) is 44.3 Å². The minimum Gasteiger partial charge on any atom is -0.324 e. The summed E-state index contributed by atoms with van der Waals surface area (Å²) < 4.78 is 0. The summed E-state index contributed by atoms with van der Waals surface area (Å²) in [5.41, 5.74) is 8.82. The average Bonchev–Trinajstić information content (AvgIpc) is 2.84. The van der Waals surface area contributed by atoms with Crippen LogP contribution in [0.3, 0.4) is 0 Å². The molecule has 2 aromatic rings. The molecule has 0 fully saturated rings. The Kier molecular flexibility index (Phi) is 3.57. The van der Waals surface area contributed by atoms with E-state index in [1.54, 1.807) is 11.3 Å². The Balaban J connectivity index is 1.93. The third-order valence-electron chi connectivity index (χ3n) is 2.58. The molecule has 0 spiro atoms. The van der Waals surface area contributed by atoms with Gasteiger partial charge in [0.05, 0.1) is 0 Å². The zero-order chi connectivity index (χ0) is 10.7. The molecule has 0 radical (unpaired) electrons. The molecular weight excluding hydrogens is 222 g/mol. The highest BCUT2D eigenvalue weighted by Gasteiger charge is 2.09. The molecule has 2 heterocycles. The number of rotatable bonds is 4. The van der Waals surface area contributed by atoms with Crippen LogP contribution in [0.15, 0.2) is 28.3 Å². The van der Waals surface area contributed by atoms with Crippen molar-refractivity contribution in [2.75, 3.05) is 0 Å². The zero-order valence-electron chi connectivity index (χ0n) is 8.77. The van der Waals surface area contributed by atoms with Crippen LogP contribution in [0.4, 0.5) is 0 Å². The molecule has 0 saturated heterocycles. The van der Waals surface area contributed by atoms with Gasteiger partial charge in [-0.2, -0.15) is 11.3 Å². The molecule has 15 heavy (non-hydrogen) atoms. The van der Waals surface area contributed by atoms with Gasteiger partial charge in [0.1, 0.15) is 0 Å². The van der Waals surface area contributed by atoms with Gasteiger partial charge in [0.25, 0.3) is 0 Å². The second-order valence-electron chi connectivity index (χ2n) is 3.73. The van der Waals surface area contributed by atoms with Crippen LogP contribution in [-0.2, 0) is 6.42 Å². The maximum Gasteiger partial charge on any atom is 0.0309 e. The first-order chi connectivity index (χ1) is 7.27. The average molecular weight is 237 g/mol. The van der Waals surface area contributed by atoms with E-state index in [-0.39, 0.29) is 6.04 Å². The summed E-state index contributed by atoms with van der Waals surface area (Å²) in [5.74, 6) is 0. The lowest BCUT2D eigenvalue weighted by molar-refractivity contribution is 0.654. The molecule has 0 saturated carbocycles. The summed E-state index contributed by atoms with van der Waals surface area (Å²) in [6.07, 6.45) is 2.13. The van der Waals surface area contributed by atoms with E-state index in [0.717, 1.165) is 12.8 Å². The van der Waals surface area contributed by atoms with E-state index in [4.69, 9.17) is 5.73 Å². The minimum atomic E-state index is 0.193. The summed E-state index contributed by atoms with van der Waals surface area (Å²) in [7, 11) is 0. The number of hydrogen-bond donors (Lipinski definition) is 1. The van der Waals surface area contributed by atoms with Crippen LogP contribution in [-0.4, -0.2) is 0 Å². The predicted molar refractivity (Wildman–Crippen MR) is 68.6 cm³/mol. The predicted octanol–water partition coefficient (Wildman–Crippen LogP) is 3.75. The molecule has 0 amide bonds. The Morgan fingerprint density at radius 2 is 2.27 bits per heavy atom. The Morgan fingerprint density at radius 3 is 2.87 bits per heavy atom. The molecule has 1 nitrogen and oxygen atoms in total. The van der Waals surface area contributed by atoms with Gasteiger partial charge in [-0.05, 0) is 53.1 Å². The van der Waals surface area contributed by atoms with Crippen molar-refractivity contribution in [3.63, 3.8) is 0 Å². The van der Waals surface area contributed by atoms with Gasteiger partial charge >= 0.3 is 0 Å². The molecule has 2 rings (SSSR count). The largest absolute Gasteiger partial charge is 0.324 e. The lowest BCUT2D eigenvalue weighted by Gasteiger charge is -2.10. The van der Waals surface area contributed by atoms with Crippen LogP contribution in [0.5, 0.6) is 0 Å². The van der Waals surface area contributed by atoms with Gasteiger partial charge in [-0.1, -0.05) is 6.07 Å². The Hall–Kier alpha value is -0.640. The van der Waals surface area contributed by atoms with Gasteiger partial charge in [-0.15, -0.1) is 11.3 Å². The molecule has 0 aliphatic rings. The van der Waals surface area contributed by atoms with E-state index in [1.165, 1.54) is 16.0 Å². The topological polar surface area (TPSA) is 26.0 Å². The maximum absolute atomic E-state index is 6.17. The van der Waals surface area contributed by atoms with E-state index in [1.807, 2.05) is 11.3 Å². The molecular formula is C12H15NS2. The molecule has 3 heteroatoms. The normalized spacial score (nSPS) is 12.9. The van der Waals surface area contributed by atoms with Gasteiger partial charge in [-0.25, -0.2) is 0 Å². The first-order valence-electron chi connectivity index (χ1n) is 5.08. The Morgan fingerprint density at radius 1 is 1.40 bits per heavy atom. The summed E-state index contributed by atoms with van der Waals surface area (Å²) in [6.45, 7) is 2.14. The van der Waals surface area contributed by atoms with E-state index in [2.05, 4.69) is 35.2 Å². The Labute approximate surface area is 98.6 Å². The van der Waals surface area contributed by atoms with Crippen molar-refractivity contribution < 1.29 is 0 Å². The van der Waals surface area contributed by atoms with Crippen molar-refractivity contribution in [2.45, 2.75) is 25.8 Å². The SMILES string of the molecule is Cc1cscc1C(N)CCc1cccs1. The number of nitrogens with two attached hydrogens (primary N) is 1. The van der Waals surface area contributed by atoms with Crippen molar-refractivity contribution in [2.24, 2.45) is 5.73 Å². The molecule has 1 unspecified atom stereocenters. The third kappa shape index (κ3) is 2.68. The number of hydrogen-bond acceptors (Lipinski definition) is 3. The van der Waals surface area contributed by atoms with Gasteiger partial charge in [0.2, 0.25) is 0 Å². The molecule has 2 aromatic heterocycles. The third-order valence-corrected chi connectivity index (χ3v) is 4.39. The number of aryl methyl sites for hydroxylation is 2.